The predicted octanol–water partition coefficient (Wildman–Crippen LogP) is 2.60. The molecule has 3 fully saturated rings. The Bertz CT molecular complexity index is 821. The van der Waals surface area contributed by atoms with Crippen molar-refractivity contribution >= 4 is 23.2 Å². The van der Waals surface area contributed by atoms with Crippen molar-refractivity contribution in [3.05, 3.63) is 46.0 Å². The number of benzene rings is 1. The van der Waals surface area contributed by atoms with Crippen molar-refractivity contribution in [1.82, 2.24) is 0 Å². The van der Waals surface area contributed by atoms with Crippen LogP contribution in [-0.4, -0.2) is 16.7 Å². The fourth-order valence-corrected chi connectivity index (χ4v) is 5.27. The lowest BCUT2D eigenvalue weighted by Crippen LogP contribution is -2.34. The number of anilines is 1. The molecular weight excluding hydrogens is 308 g/mol. The van der Waals surface area contributed by atoms with Gasteiger partial charge in [-0.2, -0.15) is 0 Å². The minimum absolute atomic E-state index is 0.0649. The van der Waals surface area contributed by atoms with E-state index in [9.17, 15) is 19.7 Å². The number of nitro groups is 1. The molecule has 1 aromatic rings. The SMILES string of the molecule is Cc1ccc(N2C(=O)[C@H]3[C@H](C2=O)[C@H]2C=C[C@H]3C23CC3)cc1[N+](=O)[O-]. The van der Waals surface area contributed by atoms with E-state index in [1.54, 1.807) is 19.1 Å². The maximum absolute atomic E-state index is 13.0. The van der Waals surface area contributed by atoms with E-state index in [1.165, 1.54) is 11.0 Å². The van der Waals surface area contributed by atoms with Crippen molar-refractivity contribution in [2.24, 2.45) is 29.1 Å². The molecule has 2 bridgehead atoms. The molecule has 0 radical (unpaired) electrons. The van der Waals surface area contributed by atoms with Crippen molar-refractivity contribution in [2.75, 3.05) is 4.90 Å². The lowest BCUT2D eigenvalue weighted by Gasteiger charge is -2.21. The third-order valence-electron chi connectivity index (χ3n) is 6.50. The number of hydrogen-bond acceptors (Lipinski definition) is 4. The van der Waals surface area contributed by atoms with Gasteiger partial charge in [0.15, 0.2) is 0 Å². The molecule has 1 aromatic carbocycles. The van der Waals surface area contributed by atoms with Crippen LogP contribution in [0.15, 0.2) is 30.4 Å². The Morgan fingerprint density at radius 1 is 1.12 bits per heavy atom. The van der Waals surface area contributed by atoms with E-state index in [1.807, 2.05) is 0 Å². The molecule has 122 valence electrons. The van der Waals surface area contributed by atoms with Gasteiger partial charge < -0.3 is 0 Å². The molecule has 4 aliphatic rings. The average Bonchev–Trinajstić information content (AvgIpc) is 3.14. The van der Waals surface area contributed by atoms with Gasteiger partial charge in [0.2, 0.25) is 11.8 Å². The van der Waals surface area contributed by atoms with Gasteiger partial charge in [-0.1, -0.05) is 18.2 Å². The number of carbonyl (C=O) groups excluding carboxylic acids is 2. The lowest BCUT2D eigenvalue weighted by molar-refractivity contribution is -0.385. The van der Waals surface area contributed by atoms with E-state index >= 15 is 0 Å². The molecule has 1 spiro atoms. The Morgan fingerprint density at radius 3 is 2.21 bits per heavy atom. The topological polar surface area (TPSA) is 80.5 Å². The van der Waals surface area contributed by atoms with Gasteiger partial charge in [0.05, 0.1) is 22.4 Å². The maximum atomic E-state index is 13.0. The number of amides is 2. The van der Waals surface area contributed by atoms with Crippen LogP contribution >= 0.6 is 0 Å². The van der Waals surface area contributed by atoms with Crippen LogP contribution < -0.4 is 4.90 Å². The molecule has 24 heavy (non-hydrogen) atoms. The summed E-state index contributed by atoms with van der Waals surface area (Å²) in [7, 11) is 0. The lowest BCUT2D eigenvalue weighted by atomic mass is 9.85. The summed E-state index contributed by atoms with van der Waals surface area (Å²) in [4.78, 5) is 37.8. The molecule has 2 saturated carbocycles. The van der Waals surface area contributed by atoms with E-state index in [-0.39, 0.29) is 46.6 Å². The summed E-state index contributed by atoms with van der Waals surface area (Å²) in [6.45, 7) is 1.64. The normalized spacial score (nSPS) is 34.3. The maximum Gasteiger partial charge on any atom is 0.274 e. The smallest absolute Gasteiger partial charge is 0.274 e. The summed E-state index contributed by atoms with van der Waals surface area (Å²) in [5.41, 5.74) is 0.930. The molecule has 1 aliphatic heterocycles. The van der Waals surface area contributed by atoms with E-state index in [0.717, 1.165) is 12.8 Å². The van der Waals surface area contributed by atoms with Crippen LogP contribution in [0.2, 0.25) is 0 Å². The Hall–Kier alpha value is -2.50. The minimum Gasteiger partial charge on any atom is -0.274 e. The minimum atomic E-state index is -0.477. The largest absolute Gasteiger partial charge is 0.274 e. The third-order valence-corrected chi connectivity index (χ3v) is 6.50. The molecule has 0 aromatic heterocycles. The van der Waals surface area contributed by atoms with Crippen LogP contribution in [0.1, 0.15) is 18.4 Å². The second-order valence-electron chi connectivity index (χ2n) is 7.46. The Morgan fingerprint density at radius 2 is 1.71 bits per heavy atom. The quantitative estimate of drug-likeness (QED) is 0.362. The fraction of sp³-hybridized carbons (Fsp3) is 0.444. The highest BCUT2D eigenvalue weighted by Crippen LogP contribution is 2.73. The monoisotopic (exact) mass is 324 g/mol. The highest BCUT2D eigenvalue weighted by Gasteiger charge is 2.73. The average molecular weight is 324 g/mol. The number of nitrogens with zero attached hydrogens (tertiary/aromatic N) is 2. The standard InChI is InChI=1S/C18H16N2O4/c1-9-2-3-10(8-13(9)20(23)24)19-16(21)14-11-4-5-12(15(14)17(19)22)18(11)6-7-18/h2-5,8,11-12,14-15H,6-7H2,1H3/t11-,12-,14-,15-/m1/s1. The van der Waals surface area contributed by atoms with Gasteiger partial charge in [0.25, 0.3) is 5.69 Å². The predicted molar refractivity (Wildman–Crippen MR) is 85.1 cm³/mol. The van der Waals surface area contributed by atoms with Gasteiger partial charge in [-0.05, 0) is 43.1 Å². The molecule has 1 heterocycles. The molecule has 0 N–H and O–H groups in total. The third kappa shape index (κ3) is 1.42. The second kappa shape index (κ2) is 4.12. The van der Waals surface area contributed by atoms with Crippen molar-refractivity contribution in [1.29, 1.82) is 0 Å². The van der Waals surface area contributed by atoms with Crippen molar-refractivity contribution in [3.63, 3.8) is 0 Å². The van der Waals surface area contributed by atoms with E-state index in [2.05, 4.69) is 12.2 Å². The van der Waals surface area contributed by atoms with Gasteiger partial charge >= 0.3 is 0 Å². The number of fused-ring (bicyclic) bond motifs is 3. The summed E-state index contributed by atoms with van der Waals surface area (Å²) < 4.78 is 0. The summed E-state index contributed by atoms with van der Waals surface area (Å²) in [5, 5.41) is 11.2. The van der Waals surface area contributed by atoms with Crippen molar-refractivity contribution in [2.45, 2.75) is 19.8 Å². The number of hydrogen-bond donors (Lipinski definition) is 0. The van der Waals surface area contributed by atoms with Crippen molar-refractivity contribution < 1.29 is 14.5 Å². The first-order valence-electron chi connectivity index (χ1n) is 8.27. The van der Waals surface area contributed by atoms with E-state index in [0.29, 0.717) is 11.3 Å². The molecule has 0 unspecified atom stereocenters. The Labute approximate surface area is 138 Å². The number of imide groups is 1. The van der Waals surface area contributed by atoms with Crippen LogP contribution in [0, 0.1) is 46.1 Å². The van der Waals surface area contributed by atoms with E-state index in [4.69, 9.17) is 0 Å². The number of carbonyl (C=O) groups is 2. The first-order chi connectivity index (χ1) is 11.5. The molecule has 5 rings (SSSR count). The Balaban J connectivity index is 1.56. The fourth-order valence-electron chi connectivity index (χ4n) is 5.27. The molecule has 1 saturated heterocycles. The van der Waals surface area contributed by atoms with Gasteiger partial charge in [-0.15, -0.1) is 0 Å². The second-order valence-corrected chi connectivity index (χ2v) is 7.46. The van der Waals surface area contributed by atoms with Crippen LogP contribution in [0.5, 0.6) is 0 Å². The molecule has 6 nitrogen and oxygen atoms in total. The summed E-state index contributed by atoms with van der Waals surface area (Å²) in [6.07, 6.45) is 6.42. The molecule has 6 heteroatoms. The first-order valence-corrected chi connectivity index (χ1v) is 8.27. The van der Waals surface area contributed by atoms with Gasteiger partial charge in [0.1, 0.15) is 0 Å². The molecular formula is C18H16N2O4. The zero-order valence-electron chi connectivity index (χ0n) is 13.1. The number of nitro benzene ring substituents is 1. The van der Waals surface area contributed by atoms with Crippen LogP contribution in [-0.2, 0) is 9.59 Å². The van der Waals surface area contributed by atoms with Crippen molar-refractivity contribution in [3.8, 4) is 0 Å². The molecule has 3 aliphatic carbocycles. The van der Waals surface area contributed by atoms with Crippen LogP contribution in [0.25, 0.3) is 0 Å². The number of rotatable bonds is 2. The first kappa shape index (κ1) is 13.9. The summed E-state index contributed by atoms with van der Waals surface area (Å²) in [6, 6.07) is 4.56. The van der Waals surface area contributed by atoms with Gasteiger partial charge in [0, 0.05) is 11.6 Å². The zero-order valence-corrected chi connectivity index (χ0v) is 13.1. The number of aryl methyl sites for hydroxylation is 1. The molecule has 4 atom stereocenters. The van der Waals surface area contributed by atoms with Gasteiger partial charge in [-0.3, -0.25) is 19.7 Å². The van der Waals surface area contributed by atoms with Gasteiger partial charge in [-0.25, -0.2) is 4.90 Å². The van der Waals surface area contributed by atoms with Crippen LogP contribution in [0.4, 0.5) is 11.4 Å². The molecule has 2 amide bonds. The highest BCUT2D eigenvalue weighted by atomic mass is 16.6. The zero-order chi connectivity index (χ0) is 16.8. The highest BCUT2D eigenvalue weighted by molar-refractivity contribution is 6.23. The van der Waals surface area contributed by atoms with E-state index < -0.39 is 4.92 Å². The van der Waals surface area contributed by atoms with Crippen LogP contribution in [0.3, 0.4) is 0 Å². The number of allylic oxidation sites excluding steroid dienone is 2. The summed E-state index contributed by atoms with van der Waals surface area (Å²) in [5.74, 6) is -0.618. The summed E-state index contributed by atoms with van der Waals surface area (Å²) >= 11 is 0. The Kier molecular flexibility index (Phi) is 2.39.